The Hall–Kier alpha value is -1.70. The topological polar surface area (TPSA) is 59.0 Å². The molecule has 2 aliphatic heterocycles. The second kappa shape index (κ2) is 9.67. The summed E-state index contributed by atoms with van der Waals surface area (Å²) in [5.41, 5.74) is 1.10. The lowest BCUT2D eigenvalue weighted by Crippen LogP contribution is -2.53. The number of aryl methyl sites for hydroxylation is 1. The van der Waals surface area contributed by atoms with Crippen LogP contribution < -0.4 is 5.32 Å². The van der Waals surface area contributed by atoms with Gasteiger partial charge in [-0.05, 0) is 38.3 Å². The van der Waals surface area contributed by atoms with E-state index in [4.69, 9.17) is 19.5 Å². The Morgan fingerprint density at radius 2 is 2.18 bits per heavy atom. The van der Waals surface area contributed by atoms with Crippen molar-refractivity contribution in [1.82, 2.24) is 15.2 Å². The smallest absolute Gasteiger partial charge is 0.194 e. The first-order valence-electron chi connectivity index (χ1n) is 10.4. The van der Waals surface area contributed by atoms with Crippen LogP contribution in [0.1, 0.15) is 31.2 Å². The van der Waals surface area contributed by atoms with Crippen molar-refractivity contribution in [3.63, 3.8) is 0 Å². The van der Waals surface area contributed by atoms with Gasteiger partial charge >= 0.3 is 0 Å². The van der Waals surface area contributed by atoms with Gasteiger partial charge in [-0.15, -0.1) is 11.3 Å². The summed E-state index contributed by atoms with van der Waals surface area (Å²) in [6.45, 7) is 7.14. The van der Waals surface area contributed by atoms with E-state index in [0.717, 1.165) is 76.6 Å². The summed E-state index contributed by atoms with van der Waals surface area (Å²) in [6.07, 6.45) is 4.63. The molecule has 4 rings (SSSR count). The summed E-state index contributed by atoms with van der Waals surface area (Å²) in [7, 11) is 0. The van der Waals surface area contributed by atoms with Crippen LogP contribution in [0.4, 0.5) is 0 Å². The lowest BCUT2D eigenvalue weighted by Gasteiger charge is -2.37. The van der Waals surface area contributed by atoms with Crippen LogP contribution in [0.2, 0.25) is 0 Å². The SMILES string of the molecule is CCNC(=NCCCc1nc2ccccc2s1)N1CCOC(C2CCCO2)C1. The monoisotopic (exact) mass is 402 g/mol. The first kappa shape index (κ1) is 19.6. The van der Waals surface area contributed by atoms with E-state index in [0.29, 0.717) is 0 Å². The standard InChI is InChI=1S/C21H30N4O2S/c1-2-22-21(25-12-14-27-18(15-25)17-8-6-13-26-17)23-11-5-10-20-24-16-7-3-4-9-19(16)28-20/h3-4,7,9,17-18H,2,5-6,8,10-15H2,1H3,(H,22,23). The van der Waals surface area contributed by atoms with E-state index in [-0.39, 0.29) is 12.2 Å². The lowest BCUT2D eigenvalue weighted by molar-refractivity contribution is -0.0817. The summed E-state index contributed by atoms with van der Waals surface area (Å²) in [4.78, 5) is 11.9. The number of fused-ring (bicyclic) bond motifs is 1. The number of guanidine groups is 1. The molecule has 0 amide bonds. The molecular formula is C21H30N4O2S. The molecule has 0 spiro atoms. The summed E-state index contributed by atoms with van der Waals surface area (Å²) < 4.78 is 13.1. The van der Waals surface area contributed by atoms with Gasteiger partial charge in [0.25, 0.3) is 0 Å². The van der Waals surface area contributed by atoms with Crippen molar-refractivity contribution in [3.8, 4) is 0 Å². The number of thiazole rings is 1. The van der Waals surface area contributed by atoms with Gasteiger partial charge in [0.2, 0.25) is 0 Å². The average molecular weight is 403 g/mol. The molecule has 152 valence electrons. The zero-order chi connectivity index (χ0) is 19.2. The molecule has 1 aromatic carbocycles. The average Bonchev–Trinajstić information content (AvgIpc) is 3.40. The van der Waals surface area contributed by atoms with Crippen molar-refractivity contribution in [1.29, 1.82) is 0 Å². The molecule has 28 heavy (non-hydrogen) atoms. The maximum atomic E-state index is 5.98. The van der Waals surface area contributed by atoms with Gasteiger partial charge in [0.05, 0.1) is 27.9 Å². The van der Waals surface area contributed by atoms with Gasteiger partial charge in [-0.1, -0.05) is 12.1 Å². The van der Waals surface area contributed by atoms with Crippen LogP contribution in [0, 0.1) is 0 Å². The number of nitrogens with one attached hydrogen (secondary N) is 1. The second-order valence-electron chi connectivity index (χ2n) is 7.32. The van der Waals surface area contributed by atoms with Crippen molar-refractivity contribution >= 4 is 27.5 Å². The molecule has 0 radical (unpaired) electrons. The van der Waals surface area contributed by atoms with Gasteiger partial charge in [0.1, 0.15) is 6.10 Å². The Morgan fingerprint density at radius 3 is 3.00 bits per heavy atom. The summed E-state index contributed by atoms with van der Waals surface area (Å²) in [5, 5.41) is 4.65. The predicted molar refractivity (Wildman–Crippen MR) is 114 cm³/mol. The normalized spacial score (nSPS) is 23.5. The number of hydrogen-bond donors (Lipinski definition) is 1. The van der Waals surface area contributed by atoms with Gasteiger partial charge in [-0.25, -0.2) is 4.98 Å². The highest BCUT2D eigenvalue weighted by Gasteiger charge is 2.32. The van der Waals surface area contributed by atoms with E-state index in [9.17, 15) is 0 Å². The van der Waals surface area contributed by atoms with Gasteiger partial charge < -0.3 is 19.7 Å². The molecule has 0 aliphatic carbocycles. The largest absolute Gasteiger partial charge is 0.375 e. The Bertz CT molecular complexity index is 755. The zero-order valence-corrected chi connectivity index (χ0v) is 17.4. The summed E-state index contributed by atoms with van der Waals surface area (Å²) >= 11 is 1.79. The molecule has 7 heteroatoms. The fourth-order valence-electron chi connectivity index (χ4n) is 3.86. The minimum absolute atomic E-state index is 0.155. The van der Waals surface area contributed by atoms with Gasteiger partial charge in [0.15, 0.2) is 5.96 Å². The number of para-hydroxylation sites is 1. The van der Waals surface area contributed by atoms with E-state index in [1.54, 1.807) is 11.3 Å². The van der Waals surface area contributed by atoms with E-state index in [1.165, 1.54) is 9.71 Å². The predicted octanol–water partition coefficient (Wildman–Crippen LogP) is 3.07. The third-order valence-corrected chi connectivity index (χ3v) is 6.35. The molecule has 2 fully saturated rings. The number of rotatable bonds is 6. The molecule has 2 atom stereocenters. The lowest BCUT2D eigenvalue weighted by atomic mass is 10.1. The van der Waals surface area contributed by atoms with Crippen LogP contribution in [0.5, 0.6) is 0 Å². The van der Waals surface area contributed by atoms with Crippen LogP contribution in [0.3, 0.4) is 0 Å². The Kier molecular flexibility index (Phi) is 6.77. The molecule has 1 N–H and O–H groups in total. The fraction of sp³-hybridized carbons (Fsp3) is 0.619. The number of benzene rings is 1. The van der Waals surface area contributed by atoms with Gasteiger partial charge in [0, 0.05) is 39.2 Å². The van der Waals surface area contributed by atoms with Crippen molar-refractivity contribution in [2.75, 3.05) is 39.4 Å². The molecule has 3 heterocycles. The number of morpholine rings is 1. The second-order valence-corrected chi connectivity index (χ2v) is 8.44. The molecule has 2 aromatic rings. The van der Waals surface area contributed by atoms with Gasteiger partial charge in [-0.3, -0.25) is 4.99 Å². The Morgan fingerprint density at radius 1 is 1.29 bits per heavy atom. The van der Waals surface area contributed by atoms with E-state index >= 15 is 0 Å². The highest BCUT2D eigenvalue weighted by atomic mass is 32.1. The summed E-state index contributed by atoms with van der Waals surface area (Å²) in [6, 6.07) is 8.34. The van der Waals surface area contributed by atoms with E-state index in [2.05, 4.69) is 35.3 Å². The van der Waals surface area contributed by atoms with E-state index in [1.807, 2.05) is 6.07 Å². The molecule has 2 unspecified atom stereocenters. The molecule has 1 aromatic heterocycles. The maximum absolute atomic E-state index is 5.98. The number of aliphatic imine (C=N–C) groups is 1. The third-order valence-electron chi connectivity index (χ3n) is 5.26. The van der Waals surface area contributed by atoms with Crippen LogP contribution in [0.15, 0.2) is 29.3 Å². The Balaban J connectivity index is 1.32. The molecule has 0 bridgehead atoms. The van der Waals surface area contributed by atoms with Crippen molar-refractivity contribution in [2.24, 2.45) is 4.99 Å². The number of ether oxygens (including phenoxy) is 2. The number of nitrogens with zero attached hydrogens (tertiary/aromatic N) is 3. The Labute approximate surface area is 171 Å². The highest BCUT2D eigenvalue weighted by Crippen LogP contribution is 2.23. The minimum atomic E-state index is 0.155. The molecule has 0 saturated carbocycles. The fourth-order valence-corrected chi connectivity index (χ4v) is 4.87. The molecule has 6 nitrogen and oxygen atoms in total. The van der Waals surface area contributed by atoms with Crippen molar-refractivity contribution in [3.05, 3.63) is 29.3 Å². The summed E-state index contributed by atoms with van der Waals surface area (Å²) in [5.74, 6) is 0.998. The quantitative estimate of drug-likeness (QED) is 0.457. The third kappa shape index (κ3) is 4.82. The van der Waals surface area contributed by atoms with E-state index < -0.39 is 0 Å². The molecule has 2 saturated heterocycles. The molecular weight excluding hydrogens is 372 g/mol. The van der Waals surface area contributed by atoms with Crippen molar-refractivity contribution in [2.45, 2.75) is 44.8 Å². The number of aromatic nitrogens is 1. The molecule has 2 aliphatic rings. The van der Waals surface area contributed by atoms with Crippen LogP contribution in [0.25, 0.3) is 10.2 Å². The van der Waals surface area contributed by atoms with Crippen LogP contribution >= 0.6 is 11.3 Å². The van der Waals surface area contributed by atoms with Crippen molar-refractivity contribution < 1.29 is 9.47 Å². The van der Waals surface area contributed by atoms with Crippen LogP contribution in [-0.2, 0) is 15.9 Å². The first-order valence-corrected chi connectivity index (χ1v) is 11.3. The van der Waals surface area contributed by atoms with Gasteiger partial charge in [-0.2, -0.15) is 0 Å². The van der Waals surface area contributed by atoms with Crippen LogP contribution in [-0.4, -0.2) is 67.4 Å². The number of hydrogen-bond acceptors (Lipinski definition) is 5. The first-order chi connectivity index (χ1) is 13.8. The minimum Gasteiger partial charge on any atom is -0.375 e. The highest BCUT2D eigenvalue weighted by molar-refractivity contribution is 7.18. The maximum Gasteiger partial charge on any atom is 0.194 e. The zero-order valence-electron chi connectivity index (χ0n) is 16.6.